The topological polar surface area (TPSA) is 101 Å². The van der Waals surface area contributed by atoms with Crippen molar-refractivity contribution in [1.82, 2.24) is 29.4 Å². The van der Waals surface area contributed by atoms with Gasteiger partial charge in [0.2, 0.25) is 23.8 Å². The summed E-state index contributed by atoms with van der Waals surface area (Å²) < 4.78 is 35.4. The highest BCUT2D eigenvalue weighted by Gasteiger charge is 2.29. The lowest BCUT2D eigenvalue weighted by atomic mass is 9.83. The number of amides is 1. The number of likely N-dealkylation sites (tertiary alicyclic amines) is 1. The lowest BCUT2D eigenvalue weighted by Gasteiger charge is -2.34. The number of nitrogens with one attached hydrogen (secondary N) is 1. The highest BCUT2D eigenvalue weighted by molar-refractivity contribution is 5.77. The number of aromatic nitrogens is 5. The number of alkyl halides is 2. The number of imidazole rings is 1. The molecule has 4 heterocycles. The minimum Gasteiger partial charge on any atom is -0.378 e. The highest BCUT2D eigenvalue weighted by atomic mass is 19.3. The molecule has 10 nitrogen and oxygen atoms in total. The molecular weight excluding hydrogens is 566 g/mol. The molecule has 232 valence electrons. The van der Waals surface area contributed by atoms with Crippen molar-refractivity contribution >= 4 is 28.8 Å². The maximum atomic E-state index is 14.3. The molecule has 2 aromatic heterocycles. The molecule has 6 rings (SSSR count). The summed E-state index contributed by atoms with van der Waals surface area (Å²) in [6, 6.07) is 15.4. The number of benzene rings is 2. The predicted octanol–water partition coefficient (Wildman–Crippen LogP) is 5.14. The van der Waals surface area contributed by atoms with E-state index in [-0.39, 0.29) is 11.9 Å². The summed E-state index contributed by atoms with van der Waals surface area (Å²) in [4.78, 5) is 34.1. The van der Waals surface area contributed by atoms with Gasteiger partial charge in [0, 0.05) is 38.6 Å². The molecule has 2 saturated heterocycles. The Kier molecular flexibility index (Phi) is 8.44. The molecule has 2 aliphatic rings. The van der Waals surface area contributed by atoms with Crippen molar-refractivity contribution in [2.24, 2.45) is 0 Å². The molecule has 12 heteroatoms. The molecule has 0 radical (unpaired) electrons. The largest absolute Gasteiger partial charge is 0.378 e. The molecule has 2 aliphatic heterocycles. The van der Waals surface area contributed by atoms with Gasteiger partial charge in [0.25, 0.3) is 6.43 Å². The first-order valence-electron chi connectivity index (χ1n) is 15.1. The summed E-state index contributed by atoms with van der Waals surface area (Å²) in [5, 5.41) is 3.50. The van der Waals surface area contributed by atoms with Gasteiger partial charge in [-0.2, -0.15) is 15.0 Å². The van der Waals surface area contributed by atoms with Crippen molar-refractivity contribution in [3.63, 3.8) is 0 Å². The van der Waals surface area contributed by atoms with Crippen LogP contribution in [0.3, 0.4) is 0 Å². The van der Waals surface area contributed by atoms with Crippen LogP contribution < -0.4 is 10.2 Å². The van der Waals surface area contributed by atoms with Gasteiger partial charge in [-0.1, -0.05) is 36.4 Å². The van der Waals surface area contributed by atoms with E-state index in [1.807, 2.05) is 15.9 Å². The number of hydrogen-bond acceptors (Lipinski definition) is 8. The first-order chi connectivity index (χ1) is 21.2. The smallest absolute Gasteiger partial charge is 0.296 e. The van der Waals surface area contributed by atoms with E-state index in [1.165, 1.54) is 15.7 Å². The molecule has 0 atom stereocenters. The normalized spacial score (nSPS) is 16.6. The monoisotopic (exact) mass is 604 g/mol. The van der Waals surface area contributed by atoms with Gasteiger partial charge in [0.05, 0.1) is 24.2 Å². The SMILES string of the molecule is CC(=O)N1CCC(c2ccccc2CC(C)(C)Nc2nc(N3CCOCC3)nc(-n3c(C(F)F)nc4ccccc43)n2)CC1. The average Bonchev–Trinajstić information content (AvgIpc) is 3.41. The van der Waals surface area contributed by atoms with Crippen molar-refractivity contribution in [1.29, 1.82) is 0 Å². The van der Waals surface area contributed by atoms with Crippen molar-refractivity contribution in [2.45, 2.75) is 57.9 Å². The standard InChI is InChI=1S/C32H38F2N8O2/c1-21(43)40-14-12-22(13-15-40)24-9-5-4-8-23(24)20-32(2,3)39-29-36-30(41-16-18-44-19-17-41)38-31(37-29)42-26-11-7-6-10-25(26)35-28(42)27(33)34/h4-11,22,27H,12-20H2,1-3H3,(H,36,37,38,39). The number of ether oxygens (including phenoxy) is 1. The fraction of sp³-hybridized carbons (Fsp3) is 0.469. The van der Waals surface area contributed by atoms with Gasteiger partial charge in [0.15, 0.2) is 5.82 Å². The summed E-state index contributed by atoms with van der Waals surface area (Å²) in [6.45, 7) is 9.51. The highest BCUT2D eigenvalue weighted by Crippen LogP contribution is 2.33. The van der Waals surface area contributed by atoms with E-state index >= 15 is 0 Å². The van der Waals surface area contributed by atoms with Crippen molar-refractivity contribution in [3.05, 3.63) is 65.5 Å². The molecule has 44 heavy (non-hydrogen) atoms. The van der Waals surface area contributed by atoms with E-state index in [0.717, 1.165) is 25.9 Å². The van der Waals surface area contributed by atoms with Gasteiger partial charge in [-0.15, -0.1) is 0 Å². The van der Waals surface area contributed by atoms with Crippen molar-refractivity contribution < 1.29 is 18.3 Å². The van der Waals surface area contributed by atoms with Gasteiger partial charge in [-0.3, -0.25) is 9.36 Å². The van der Waals surface area contributed by atoms with Gasteiger partial charge in [-0.05, 0) is 62.3 Å². The van der Waals surface area contributed by atoms with Crippen LogP contribution in [0.25, 0.3) is 17.0 Å². The maximum Gasteiger partial charge on any atom is 0.296 e. The second-order valence-corrected chi connectivity index (χ2v) is 12.1. The van der Waals surface area contributed by atoms with E-state index in [1.54, 1.807) is 31.2 Å². The van der Waals surface area contributed by atoms with Gasteiger partial charge in [0.1, 0.15) is 0 Å². The first kappa shape index (κ1) is 29.9. The number of anilines is 2. The fourth-order valence-electron chi connectivity index (χ4n) is 6.24. The third-order valence-electron chi connectivity index (χ3n) is 8.41. The Morgan fingerprint density at radius 1 is 0.955 bits per heavy atom. The third kappa shape index (κ3) is 6.35. The number of fused-ring (bicyclic) bond motifs is 1. The molecule has 2 aromatic carbocycles. The van der Waals surface area contributed by atoms with Crippen molar-refractivity contribution in [3.8, 4) is 5.95 Å². The summed E-state index contributed by atoms with van der Waals surface area (Å²) >= 11 is 0. The second kappa shape index (κ2) is 12.4. The maximum absolute atomic E-state index is 14.3. The Morgan fingerprint density at radius 2 is 1.64 bits per heavy atom. The summed E-state index contributed by atoms with van der Waals surface area (Å²) in [7, 11) is 0. The van der Waals surface area contributed by atoms with Crippen LogP contribution in [-0.2, 0) is 16.0 Å². The van der Waals surface area contributed by atoms with Crippen LogP contribution in [0.5, 0.6) is 0 Å². The molecule has 0 bridgehead atoms. The molecule has 2 fully saturated rings. The zero-order valence-electron chi connectivity index (χ0n) is 25.3. The first-order valence-corrected chi connectivity index (χ1v) is 15.1. The lowest BCUT2D eigenvalue weighted by molar-refractivity contribution is -0.129. The van der Waals surface area contributed by atoms with Crippen LogP contribution in [-0.4, -0.2) is 80.2 Å². The number of hydrogen-bond donors (Lipinski definition) is 1. The van der Waals surface area contributed by atoms with Gasteiger partial charge < -0.3 is 19.9 Å². The molecule has 1 amide bonds. The summed E-state index contributed by atoms with van der Waals surface area (Å²) in [6.07, 6.45) is -0.289. The molecule has 4 aromatic rings. The number of rotatable bonds is 8. The average molecular weight is 605 g/mol. The minimum atomic E-state index is -2.82. The summed E-state index contributed by atoms with van der Waals surface area (Å²) in [5.41, 5.74) is 2.95. The van der Waals surface area contributed by atoms with Crippen LogP contribution >= 0.6 is 0 Å². The molecule has 0 unspecified atom stereocenters. The van der Waals surface area contributed by atoms with Crippen LogP contribution in [0, 0.1) is 0 Å². The zero-order chi connectivity index (χ0) is 30.8. The lowest BCUT2D eigenvalue weighted by Crippen LogP contribution is -2.39. The van der Waals surface area contributed by atoms with E-state index in [2.05, 4.69) is 52.3 Å². The number of piperidine rings is 1. The Balaban J connectivity index is 1.33. The number of carbonyl (C=O) groups is 1. The number of morpholine rings is 1. The molecule has 0 spiro atoms. The number of halogens is 2. The number of para-hydroxylation sites is 2. The zero-order valence-corrected chi connectivity index (χ0v) is 25.3. The molecule has 0 saturated carbocycles. The van der Waals surface area contributed by atoms with E-state index in [9.17, 15) is 13.6 Å². The molecular formula is C32H38F2N8O2. The van der Waals surface area contributed by atoms with Crippen LogP contribution in [0.15, 0.2) is 48.5 Å². The fourth-order valence-corrected chi connectivity index (χ4v) is 6.24. The predicted molar refractivity (Wildman–Crippen MR) is 165 cm³/mol. The quantitative estimate of drug-likeness (QED) is 0.295. The van der Waals surface area contributed by atoms with Gasteiger partial charge >= 0.3 is 0 Å². The van der Waals surface area contributed by atoms with E-state index in [4.69, 9.17) is 9.72 Å². The van der Waals surface area contributed by atoms with Crippen LogP contribution in [0.4, 0.5) is 20.7 Å². The third-order valence-corrected chi connectivity index (χ3v) is 8.41. The second-order valence-electron chi connectivity index (χ2n) is 12.1. The number of carbonyl (C=O) groups excluding carboxylic acids is 1. The molecule has 1 N–H and O–H groups in total. The van der Waals surface area contributed by atoms with Crippen LogP contribution in [0.2, 0.25) is 0 Å². The Hall–Kier alpha value is -4.19. The van der Waals surface area contributed by atoms with Gasteiger partial charge in [-0.25, -0.2) is 13.8 Å². The Morgan fingerprint density at radius 3 is 2.36 bits per heavy atom. The van der Waals surface area contributed by atoms with E-state index < -0.39 is 17.8 Å². The number of nitrogens with zero attached hydrogens (tertiary/aromatic N) is 7. The summed E-state index contributed by atoms with van der Waals surface area (Å²) in [5.74, 6) is 0.858. The van der Waals surface area contributed by atoms with Crippen LogP contribution in [0.1, 0.15) is 62.9 Å². The minimum absolute atomic E-state index is 0.0847. The van der Waals surface area contributed by atoms with Crippen molar-refractivity contribution in [2.75, 3.05) is 49.6 Å². The Labute approximate surface area is 255 Å². The van der Waals surface area contributed by atoms with E-state index in [0.29, 0.717) is 61.6 Å². The molecule has 0 aliphatic carbocycles. The Bertz CT molecular complexity index is 1630.